The molecule has 4 rings (SSSR count). The number of carbonyl (C=O) groups is 1. The van der Waals surface area contributed by atoms with E-state index in [0.717, 1.165) is 35.1 Å². The first-order chi connectivity index (χ1) is 13.0. The molecule has 1 aliphatic heterocycles. The normalized spacial score (nSPS) is 14.6. The van der Waals surface area contributed by atoms with Gasteiger partial charge in [0.15, 0.2) is 0 Å². The number of carbonyl (C=O) groups excluding carboxylic acids is 1. The molecule has 1 N–H and O–H groups in total. The Morgan fingerprint density at radius 2 is 1.67 bits per heavy atom. The predicted molar refractivity (Wildman–Crippen MR) is 109 cm³/mol. The highest BCUT2D eigenvalue weighted by atomic mass is 16.2. The van der Waals surface area contributed by atoms with Gasteiger partial charge < -0.3 is 14.8 Å². The average molecular weight is 361 g/mol. The fourth-order valence-electron chi connectivity index (χ4n) is 3.82. The average Bonchev–Trinajstić information content (AvgIpc) is 2.68. The summed E-state index contributed by atoms with van der Waals surface area (Å²) >= 11 is 0. The molecule has 0 atom stereocenters. The molecule has 0 spiro atoms. The summed E-state index contributed by atoms with van der Waals surface area (Å²) in [5.74, 6) is -0.190. The monoisotopic (exact) mass is 361 g/mol. The number of benzene rings is 2. The molecule has 1 aliphatic rings. The van der Waals surface area contributed by atoms with E-state index in [9.17, 15) is 9.59 Å². The second kappa shape index (κ2) is 6.91. The first-order valence-corrected chi connectivity index (χ1v) is 9.26. The molecule has 138 valence electrons. The van der Waals surface area contributed by atoms with Crippen LogP contribution < -0.4 is 10.5 Å². The van der Waals surface area contributed by atoms with Crippen LogP contribution in [0.1, 0.15) is 21.5 Å². The zero-order valence-corrected chi connectivity index (χ0v) is 15.7. The largest absolute Gasteiger partial charge is 0.368 e. The van der Waals surface area contributed by atoms with Gasteiger partial charge in [0, 0.05) is 31.9 Å². The van der Waals surface area contributed by atoms with Crippen molar-refractivity contribution in [2.24, 2.45) is 0 Å². The van der Waals surface area contributed by atoms with E-state index >= 15 is 0 Å². The molecule has 1 amide bonds. The first kappa shape index (κ1) is 17.3. The lowest BCUT2D eigenvalue weighted by molar-refractivity contribution is 0.0745. The number of rotatable bonds is 2. The standard InChI is InChI=1S/C22H23N3O2/c1-15-12-16(2)20-17(13-15)14-19(21(26)23-20)22(27)25-10-8-24(9-11-25)18-6-4-3-5-7-18/h3-7,12-14H,8-11H2,1-2H3,(H,23,26). The molecule has 5 heteroatoms. The molecule has 0 radical (unpaired) electrons. The van der Waals surface area contributed by atoms with Crippen LogP contribution in [0.3, 0.4) is 0 Å². The van der Waals surface area contributed by atoms with Gasteiger partial charge in [-0.2, -0.15) is 0 Å². The van der Waals surface area contributed by atoms with Crippen LogP contribution in [0.15, 0.2) is 53.3 Å². The topological polar surface area (TPSA) is 56.4 Å². The van der Waals surface area contributed by atoms with Gasteiger partial charge in [-0.1, -0.05) is 29.8 Å². The Kier molecular flexibility index (Phi) is 4.44. The zero-order valence-electron chi connectivity index (χ0n) is 15.7. The lowest BCUT2D eigenvalue weighted by Crippen LogP contribution is -2.49. The van der Waals surface area contributed by atoms with E-state index in [1.807, 2.05) is 44.2 Å². The summed E-state index contributed by atoms with van der Waals surface area (Å²) in [5, 5.41) is 0.901. The van der Waals surface area contributed by atoms with Crippen LogP contribution >= 0.6 is 0 Å². The molecule has 1 saturated heterocycles. The number of piperazine rings is 1. The molecule has 5 nitrogen and oxygen atoms in total. The molecule has 0 aliphatic carbocycles. The second-order valence-electron chi connectivity index (χ2n) is 7.17. The summed E-state index contributed by atoms with van der Waals surface area (Å²) in [6.45, 7) is 6.73. The van der Waals surface area contributed by atoms with Gasteiger partial charge in [0.25, 0.3) is 11.5 Å². The number of hydrogen-bond donors (Lipinski definition) is 1. The van der Waals surface area contributed by atoms with Crippen LogP contribution in [-0.2, 0) is 0 Å². The molecule has 3 aromatic rings. The Morgan fingerprint density at radius 1 is 0.963 bits per heavy atom. The minimum atomic E-state index is -0.315. The van der Waals surface area contributed by atoms with Crippen LogP contribution in [0.4, 0.5) is 5.69 Å². The van der Waals surface area contributed by atoms with Crippen LogP contribution in [0, 0.1) is 13.8 Å². The van der Waals surface area contributed by atoms with Crippen LogP contribution in [0.25, 0.3) is 10.9 Å². The smallest absolute Gasteiger partial charge is 0.261 e. The van der Waals surface area contributed by atoms with Crippen molar-refractivity contribution in [3.63, 3.8) is 0 Å². The van der Waals surface area contributed by atoms with E-state index in [4.69, 9.17) is 0 Å². The van der Waals surface area contributed by atoms with Crippen molar-refractivity contribution in [1.82, 2.24) is 9.88 Å². The minimum Gasteiger partial charge on any atom is -0.368 e. The molecule has 1 fully saturated rings. The molecule has 0 unspecified atom stereocenters. The Balaban J connectivity index is 1.57. The summed E-state index contributed by atoms with van der Waals surface area (Å²) in [6, 6.07) is 16.0. The number of pyridine rings is 1. The highest BCUT2D eigenvalue weighted by Crippen LogP contribution is 2.20. The minimum absolute atomic E-state index is 0.190. The number of aryl methyl sites for hydroxylation is 2. The number of aromatic nitrogens is 1. The highest BCUT2D eigenvalue weighted by Gasteiger charge is 2.24. The Bertz CT molecular complexity index is 1050. The van der Waals surface area contributed by atoms with Gasteiger partial charge in [-0.3, -0.25) is 9.59 Å². The molecule has 0 bridgehead atoms. The van der Waals surface area contributed by atoms with E-state index in [-0.39, 0.29) is 17.0 Å². The quantitative estimate of drug-likeness (QED) is 0.763. The summed E-state index contributed by atoms with van der Waals surface area (Å²) in [6.07, 6.45) is 0. The van der Waals surface area contributed by atoms with Crippen molar-refractivity contribution in [2.45, 2.75) is 13.8 Å². The van der Waals surface area contributed by atoms with E-state index < -0.39 is 0 Å². The van der Waals surface area contributed by atoms with Crippen molar-refractivity contribution in [2.75, 3.05) is 31.1 Å². The van der Waals surface area contributed by atoms with Crippen LogP contribution in [-0.4, -0.2) is 42.0 Å². The third-order valence-corrected chi connectivity index (χ3v) is 5.21. The summed E-state index contributed by atoms with van der Waals surface area (Å²) in [7, 11) is 0. The van der Waals surface area contributed by atoms with Crippen molar-refractivity contribution in [1.29, 1.82) is 0 Å². The number of anilines is 1. The molecular weight excluding hydrogens is 338 g/mol. The molecule has 27 heavy (non-hydrogen) atoms. The van der Waals surface area contributed by atoms with E-state index in [0.29, 0.717) is 13.1 Å². The molecular formula is C22H23N3O2. The number of para-hydroxylation sites is 1. The fraction of sp³-hybridized carbons (Fsp3) is 0.273. The zero-order chi connectivity index (χ0) is 19.0. The number of H-pyrrole nitrogens is 1. The van der Waals surface area contributed by atoms with Gasteiger partial charge in [-0.15, -0.1) is 0 Å². The van der Waals surface area contributed by atoms with Gasteiger partial charge in [-0.05, 0) is 49.1 Å². The maximum absolute atomic E-state index is 13.0. The predicted octanol–water partition coefficient (Wildman–Crippen LogP) is 3.11. The third kappa shape index (κ3) is 3.33. The van der Waals surface area contributed by atoms with E-state index in [1.165, 1.54) is 5.69 Å². The van der Waals surface area contributed by atoms with E-state index in [2.05, 4.69) is 22.0 Å². The van der Waals surface area contributed by atoms with Gasteiger partial charge in [-0.25, -0.2) is 0 Å². The first-order valence-electron chi connectivity index (χ1n) is 9.26. The molecule has 2 heterocycles. The van der Waals surface area contributed by atoms with Crippen molar-refractivity contribution in [3.05, 3.63) is 75.6 Å². The highest BCUT2D eigenvalue weighted by molar-refractivity contribution is 5.97. The number of nitrogens with zero attached hydrogens (tertiary/aromatic N) is 2. The van der Waals surface area contributed by atoms with Crippen molar-refractivity contribution < 1.29 is 4.79 Å². The van der Waals surface area contributed by atoms with Gasteiger partial charge in [0.2, 0.25) is 0 Å². The lowest BCUT2D eigenvalue weighted by atomic mass is 10.0. The number of nitrogens with one attached hydrogen (secondary N) is 1. The fourth-order valence-corrected chi connectivity index (χ4v) is 3.82. The second-order valence-corrected chi connectivity index (χ2v) is 7.17. The number of aromatic amines is 1. The molecule has 0 saturated carbocycles. The lowest BCUT2D eigenvalue weighted by Gasteiger charge is -2.36. The van der Waals surface area contributed by atoms with Crippen molar-refractivity contribution >= 4 is 22.5 Å². The number of hydrogen-bond acceptors (Lipinski definition) is 3. The van der Waals surface area contributed by atoms with Crippen LogP contribution in [0.5, 0.6) is 0 Å². The van der Waals surface area contributed by atoms with Gasteiger partial charge in [0.1, 0.15) is 5.56 Å². The van der Waals surface area contributed by atoms with Gasteiger partial charge >= 0.3 is 0 Å². The summed E-state index contributed by atoms with van der Waals surface area (Å²) in [4.78, 5) is 32.4. The number of fused-ring (bicyclic) bond motifs is 1. The Labute approximate surface area is 158 Å². The van der Waals surface area contributed by atoms with E-state index in [1.54, 1.807) is 11.0 Å². The Morgan fingerprint density at radius 3 is 2.37 bits per heavy atom. The van der Waals surface area contributed by atoms with Crippen molar-refractivity contribution in [3.8, 4) is 0 Å². The van der Waals surface area contributed by atoms with Crippen LogP contribution in [0.2, 0.25) is 0 Å². The summed E-state index contributed by atoms with van der Waals surface area (Å²) in [5.41, 5.74) is 4.00. The van der Waals surface area contributed by atoms with Gasteiger partial charge in [0.05, 0.1) is 5.52 Å². The summed E-state index contributed by atoms with van der Waals surface area (Å²) < 4.78 is 0. The third-order valence-electron chi connectivity index (χ3n) is 5.21. The maximum atomic E-state index is 13.0. The maximum Gasteiger partial charge on any atom is 0.261 e. The Hall–Kier alpha value is -3.08. The number of amides is 1. The SMILES string of the molecule is Cc1cc(C)c2[nH]c(=O)c(C(=O)N3CCN(c4ccccc4)CC3)cc2c1. The molecule has 2 aromatic carbocycles. The molecule has 1 aromatic heterocycles.